The summed E-state index contributed by atoms with van der Waals surface area (Å²) in [6.07, 6.45) is 1.57. The molecule has 0 heterocycles. The van der Waals surface area contributed by atoms with Crippen molar-refractivity contribution < 1.29 is 9.53 Å². The molecule has 0 bridgehead atoms. The summed E-state index contributed by atoms with van der Waals surface area (Å²) in [5.41, 5.74) is 5.59. The van der Waals surface area contributed by atoms with Crippen LogP contribution >= 0.6 is 35.4 Å². The van der Waals surface area contributed by atoms with Gasteiger partial charge in [-0.1, -0.05) is 65.7 Å². The third-order valence-corrected chi connectivity index (χ3v) is 5.66. The molecule has 0 aromatic heterocycles. The molecular weight excluding hydrogens is 489 g/mol. The minimum absolute atomic E-state index is 0.211. The van der Waals surface area contributed by atoms with Crippen molar-refractivity contribution in [2.75, 3.05) is 5.32 Å². The minimum atomic E-state index is -0.601. The second-order valence-corrected chi connectivity index (χ2v) is 8.66. The Morgan fingerprint density at radius 2 is 1.82 bits per heavy atom. The van der Waals surface area contributed by atoms with E-state index in [2.05, 4.69) is 15.8 Å². The fourth-order valence-corrected chi connectivity index (χ4v) is 4.00. The lowest BCUT2D eigenvalue weighted by Gasteiger charge is -2.12. The summed E-state index contributed by atoms with van der Waals surface area (Å²) < 4.78 is 5.69. The van der Waals surface area contributed by atoms with Gasteiger partial charge in [-0.3, -0.25) is 5.43 Å². The molecule has 2 N–H and O–H groups in total. The third-order valence-electron chi connectivity index (χ3n) is 4.92. The van der Waals surface area contributed by atoms with E-state index in [1.54, 1.807) is 18.3 Å². The summed E-state index contributed by atoms with van der Waals surface area (Å²) in [6.45, 7) is 2.00. The number of thiocarbonyl (C=S) groups is 1. The van der Waals surface area contributed by atoms with E-state index in [9.17, 15) is 4.79 Å². The smallest absolute Gasteiger partial charge is 0.345 e. The molecule has 0 aliphatic carbocycles. The number of benzene rings is 4. The molecule has 0 spiro atoms. The van der Waals surface area contributed by atoms with Gasteiger partial charge in [0.05, 0.1) is 16.8 Å². The van der Waals surface area contributed by atoms with Gasteiger partial charge in [0.25, 0.3) is 0 Å². The highest BCUT2D eigenvalue weighted by Crippen LogP contribution is 2.29. The summed E-state index contributed by atoms with van der Waals surface area (Å²) >= 11 is 17.4. The molecular formula is C26H19Cl2N3O2S. The first kappa shape index (κ1) is 23.7. The maximum atomic E-state index is 12.8. The lowest BCUT2D eigenvalue weighted by atomic mass is 10.0. The Labute approximate surface area is 212 Å². The van der Waals surface area contributed by atoms with Gasteiger partial charge in [-0.15, -0.1) is 0 Å². The molecule has 4 rings (SSSR count). The van der Waals surface area contributed by atoms with Crippen molar-refractivity contribution in [2.24, 2.45) is 5.10 Å². The van der Waals surface area contributed by atoms with Crippen LogP contribution in [0, 0.1) is 6.92 Å². The molecule has 170 valence electrons. The van der Waals surface area contributed by atoms with Crippen LogP contribution in [0.25, 0.3) is 10.8 Å². The molecule has 0 fully saturated rings. The molecule has 34 heavy (non-hydrogen) atoms. The minimum Gasteiger partial charge on any atom is -0.422 e. The van der Waals surface area contributed by atoms with Crippen LogP contribution in [0.3, 0.4) is 0 Å². The van der Waals surface area contributed by atoms with Crippen LogP contribution in [0.5, 0.6) is 5.75 Å². The lowest BCUT2D eigenvalue weighted by molar-refractivity contribution is 0.0735. The SMILES string of the molecule is Cc1cccc(NC(=S)N/N=C\c2c(OC(=O)c3ccc(Cl)cc3Cl)ccc3ccccc23)c1. The van der Waals surface area contributed by atoms with Gasteiger partial charge in [-0.05, 0) is 71.9 Å². The van der Waals surface area contributed by atoms with E-state index in [1.165, 1.54) is 12.1 Å². The molecule has 8 heteroatoms. The van der Waals surface area contributed by atoms with Crippen LogP contribution in [-0.4, -0.2) is 17.3 Å². The van der Waals surface area contributed by atoms with E-state index in [4.69, 9.17) is 40.2 Å². The van der Waals surface area contributed by atoms with Gasteiger partial charge < -0.3 is 10.1 Å². The van der Waals surface area contributed by atoms with Crippen molar-refractivity contribution in [3.63, 3.8) is 0 Å². The summed E-state index contributed by atoms with van der Waals surface area (Å²) in [5.74, 6) is -0.269. The number of hydrogen-bond acceptors (Lipinski definition) is 4. The normalized spacial score (nSPS) is 10.9. The number of carbonyl (C=O) groups excluding carboxylic acids is 1. The van der Waals surface area contributed by atoms with Crippen LogP contribution in [0.4, 0.5) is 5.69 Å². The summed E-state index contributed by atoms with van der Waals surface area (Å²) in [5, 5.41) is 10.1. The highest BCUT2D eigenvalue weighted by molar-refractivity contribution is 7.80. The van der Waals surface area contributed by atoms with Crippen LogP contribution in [0.2, 0.25) is 10.0 Å². The fraction of sp³-hybridized carbons (Fsp3) is 0.0385. The zero-order valence-electron chi connectivity index (χ0n) is 18.0. The van der Waals surface area contributed by atoms with Gasteiger partial charge in [0.2, 0.25) is 0 Å². The summed E-state index contributed by atoms with van der Waals surface area (Å²) in [7, 11) is 0. The first-order chi connectivity index (χ1) is 16.4. The monoisotopic (exact) mass is 507 g/mol. The number of aryl methyl sites for hydroxylation is 1. The Morgan fingerprint density at radius 3 is 2.62 bits per heavy atom. The summed E-state index contributed by atoms with van der Waals surface area (Å²) in [6, 6.07) is 23.7. The highest BCUT2D eigenvalue weighted by Gasteiger charge is 2.16. The number of carbonyl (C=O) groups is 1. The maximum Gasteiger partial charge on any atom is 0.345 e. The van der Waals surface area contributed by atoms with E-state index in [0.717, 1.165) is 22.0 Å². The van der Waals surface area contributed by atoms with Crippen LogP contribution in [0.15, 0.2) is 84.0 Å². The van der Waals surface area contributed by atoms with Gasteiger partial charge in [-0.2, -0.15) is 5.10 Å². The second kappa shape index (κ2) is 10.7. The Hall–Kier alpha value is -3.45. The van der Waals surface area contributed by atoms with Crippen molar-refractivity contribution in [3.8, 4) is 5.75 Å². The predicted molar refractivity (Wildman–Crippen MR) is 143 cm³/mol. The molecule has 0 saturated heterocycles. The van der Waals surface area contributed by atoms with Gasteiger partial charge in [0.1, 0.15) is 5.75 Å². The van der Waals surface area contributed by atoms with E-state index < -0.39 is 5.97 Å². The number of halogens is 2. The Balaban J connectivity index is 1.58. The van der Waals surface area contributed by atoms with Crippen molar-refractivity contribution in [3.05, 3.63) is 106 Å². The van der Waals surface area contributed by atoms with Gasteiger partial charge in [0, 0.05) is 16.3 Å². The van der Waals surface area contributed by atoms with E-state index >= 15 is 0 Å². The largest absolute Gasteiger partial charge is 0.422 e. The molecule has 0 aliphatic rings. The zero-order chi connectivity index (χ0) is 24.1. The molecule has 0 aliphatic heterocycles. The molecule has 0 saturated carbocycles. The average Bonchev–Trinajstić information content (AvgIpc) is 2.80. The lowest BCUT2D eigenvalue weighted by Crippen LogP contribution is -2.23. The second-order valence-electron chi connectivity index (χ2n) is 7.41. The Morgan fingerprint density at radius 1 is 1.00 bits per heavy atom. The molecule has 5 nitrogen and oxygen atoms in total. The van der Waals surface area contributed by atoms with E-state index in [0.29, 0.717) is 21.4 Å². The Bertz CT molecular complexity index is 1420. The first-order valence-corrected chi connectivity index (χ1v) is 11.4. The van der Waals surface area contributed by atoms with Gasteiger partial charge >= 0.3 is 5.97 Å². The number of ether oxygens (including phenoxy) is 1. The summed E-state index contributed by atoms with van der Waals surface area (Å²) in [4.78, 5) is 12.8. The fourth-order valence-electron chi connectivity index (χ4n) is 3.34. The highest BCUT2D eigenvalue weighted by atomic mass is 35.5. The number of nitrogens with zero attached hydrogens (tertiary/aromatic N) is 1. The van der Waals surface area contributed by atoms with Crippen LogP contribution < -0.4 is 15.5 Å². The number of fused-ring (bicyclic) bond motifs is 1. The van der Waals surface area contributed by atoms with Crippen molar-refractivity contribution in [2.45, 2.75) is 6.92 Å². The van der Waals surface area contributed by atoms with Crippen LogP contribution in [0.1, 0.15) is 21.5 Å². The standard InChI is InChI=1S/C26H19Cl2N3O2S/c1-16-5-4-7-19(13-16)30-26(34)31-29-15-22-20-8-3-2-6-17(20)9-12-24(22)33-25(32)21-11-10-18(27)14-23(21)28/h2-15H,1H3,(H2,30,31,34)/b29-15-. The first-order valence-electron chi connectivity index (χ1n) is 10.3. The predicted octanol–water partition coefficient (Wildman–Crippen LogP) is 6.99. The van der Waals surface area contributed by atoms with E-state index in [1.807, 2.05) is 61.5 Å². The Kier molecular flexibility index (Phi) is 7.43. The third kappa shape index (κ3) is 5.72. The number of anilines is 1. The van der Waals surface area contributed by atoms with Crippen molar-refractivity contribution >= 4 is 69.2 Å². The molecule has 4 aromatic carbocycles. The molecule has 0 atom stereocenters. The number of nitrogens with one attached hydrogen (secondary N) is 2. The van der Waals surface area contributed by atoms with Crippen molar-refractivity contribution in [1.82, 2.24) is 5.43 Å². The number of hydrazone groups is 1. The van der Waals surface area contributed by atoms with Crippen molar-refractivity contribution in [1.29, 1.82) is 0 Å². The molecule has 0 unspecified atom stereocenters. The maximum absolute atomic E-state index is 12.8. The molecule has 0 radical (unpaired) electrons. The number of rotatable bonds is 5. The van der Waals surface area contributed by atoms with E-state index in [-0.39, 0.29) is 10.6 Å². The van der Waals surface area contributed by atoms with Gasteiger partial charge in [-0.25, -0.2) is 4.79 Å². The zero-order valence-corrected chi connectivity index (χ0v) is 20.3. The number of esters is 1. The molecule has 0 amide bonds. The quantitative estimate of drug-likeness (QED) is 0.100. The van der Waals surface area contributed by atoms with Crippen LogP contribution in [-0.2, 0) is 0 Å². The van der Waals surface area contributed by atoms with Gasteiger partial charge in [0.15, 0.2) is 5.11 Å². The molecule has 4 aromatic rings. The topological polar surface area (TPSA) is 62.7 Å². The number of hydrogen-bond donors (Lipinski definition) is 2. The average molecular weight is 508 g/mol.